The Kier molecular flexibility index (Phi) is 4.14. The number of hydrogen-bond donors (Lipinski definition) is 2. The predicted octanol–water partition coefficient (Wildman–Crippen LogP) is 3.54. The molecule has 2 aromatic rings. The molecule has 2 rings (SSSR count). The fraction of sp³-hybridized carbons (Fsp3) is 0.333. The Bertz CT molecular complexity index is 596. The van der Waals surface area contributed by atoms with Crippen molar-refractivity contribution in [3.05, 3.63) is 46.6 Å². The number of rotatable bonds is 3. The molecule has 0 saturated heterocycles. The lowest BCUT2D eigenvalue weighted by molar-refractivity contribution is -0.115. The van der Waals surface area contributed by atoms with E-state index in [9.17, 15) is 4.79 Å². The first-order chi connectivity index (χ1) is 9.34. The highest BCUT2D eigenvalue weighted by Crippen LogP contribution is 2.22. The molecule has 20 heavy (non-hydrogen) atoms. The first-order valence-corrected chi connectivity index (χ1v) is 6.82. The molecule has 106 valence electrons. The first kappa shape index (κ1) is 14.6. The molecule has 0 unspecified atom stereocenters. The molecule has 1 aromatic heterocycles. The van der Waals surface area contributed by atoms with Crippen LogP contribution < -0.4 is 5.32 Å². The normalized spacial score (nSPS) is 11.4. The van der Waals surface area contributed by atoms with E-state index in [4.69, 9.17) is 11.6 Å². The van der Waals surface area contributed by atoms with Crippen LogP contribution in [0.3, 0.4) is 0 Å². The molecule has 1 heterocycles. The maximum atomic E-state index is 11.9. The highest BCUT2D eigenvalue weighted by molar-refractivity contribution is 6.30. The van der Waals surface area contributed by atoms with Crippen molar-refractivity contribution in [1.82, 2.24) is 10.2 Å². The van der Waals surface area contributed by atoms with Gasteiger partial charge in [-0.05, 0) is 17.7 Å². The van der Waals surface area contributed by atoms with Crippen molar-refractivity contribution in [3.63, 3.8) is 0 Å². The summed E-state index contributed by atoms with van der Waals surface area (Å²) in [5.74, 6) is 0.452. The second kappa shape index (κ2) is 5.67. The monoisotopic (exact) mass is 291 g/mol. The maximum Gasteiger partial charge on any atom is 0.229 e. The molecule has 0 aliphatic carbocycles. The molecular weight excluding hydrogens is 274 g/mol. The zero-order valence-corrected chi connectivity index (χ0v) is 12.6. The molecular formula is C15H18ClN3O. The number of benzene rings is 1. The summed E-state index contributed by atoms with van der Waals surface area (Å²) in [6.07, 6.45) is 0.300. The van der Waals surface area contributed by atoms with Gasteiger partial charge in [0.05, 0.1) is 6.42 Å². The molecule has 0 bridgehead atoms. The highest BCUT2D eigenvalue weighted by atomic mass is 35.5. The fourth-order valence-electron chi connectivity index (χ4n) is 1.74. The van der Waals surface area contributed by atoms with Crippen molar-refractivity contribution >= 4 is 23.3 Å². The van der Waals surface area contributed by atoms with Gasteiger partial charge in [-0.3, -0.25) is 9.89 Å². The van der Waals surface area contributed by atoms with Gasteiger partial charge in [0, 0.05) is 22.2 Å². The van der Waals surface area contributed by atoms with Crippen LogP contribution in [0.2, 0.25) is 5.02 Å². The number of aromatic nitrogens is 2. The first-order valence-electron chi connectivity index (χ1n) is 6.45. The van der Waals surface area contributed by atoms with Gasteiger partial charge in [-0.1, -0.05) is 44.5 Å². The van der Waals surface area contributed by atoms with Crippen LogP contribution in [-0.4, -0.2) is 16.1 Å². The number of aromatic amines is 1. The molecule has 0 spiro atoms. The molecule has 0 aliphatic heterocycles. The second-order valence-corrected chi connectivity index (χ2v) is 6.20. The standard InChI is InChI=1S/C15H18ClN3O/c1-15(2,3)12-9-13(19-18-12)17-14(20)8-10-4-6-11(16)7-5-10/h4-7,9H,8H2,1-3H3,(H2,17,18,19,20). The summed E-state index contributed by atoms with van der Waals surface area (Å²) in [7, 11) is 0. The molecule has 0 aliphatic rings. The van der Waals surface area contributed by atoms with E-state index in [-0.39, 0.29) is 11.3 Å². The molecule has 2 N–H and O–H groups in total. The Morgan fingerprint density at radius 3 is 2.50 bits per heavy atom. The number of anilines is 1. The lowest BCUT2D eigenvalue weighted by Crippen LogP contribution is -2.14. The largest absolute Gasteiger partial charge is 0.309 e. The van der Waals surface area contributed by atoms with Gasteiger partial charge in [0.1, 0.15) is 0 Å². The van der Waals surface area contributed by atoms with Gasteiger partial charge in [-0.25, -0.2) is 0 Å². The summed E-state index contributed by atoms with van der Waals surface area (Å²) in [6.45, 7) is 6.25. The van der Waals surface area contributed by atoms with Crippen molar-refractivity contribution in [2.24, 2.45) is 0 Å². The molecule has 1 amide bonds. The van der Waals surface area contributed by atoms with E-state index in [0.717, 1.165) is 11.3 Å². The number of hydrogen-bond acceptors (Lipinski definition) is 2. The summed E-state index contributed by atoms with van der Waals surface area (Å²) in [6, 6.07) is 9.09. The van der Waals surface area contributed by atoms with E-state index in [0.29, 0.717) is 17.3 Å². The van der Waals surface area contributed by atoms with Crippen LogP contribution in [0.25, 0.3) is 0 Å². The van der Waals surface area contributed by atoms with E-state index in [1.807, 2.05) is 18.2 Å². The van der Waals surface area contributed by atoms with Gasteiger partial charge >= 0.3 is 0 Å². The van der Waals surface area contributed by atoms with Crippen molar-refractivity contribution in [2.45, 2.75) is 32.6 Å². The van der Waals surface area contributed by atoms with Gasteiger partial charge in [0.15, 0.2) is 5.82 Å². The molecule has 0 atom stereocenters. The fourth-order valence-corrected chi connectivity index (χ4v) is 1.87. The summed E-state index contributed by atoms with van der Waals surface area (Å²) < 4.78 is 0. The van der Waals surface area contributed by atoms with E-state index in [1.54, 1.807) is 12.1 Å². The minimum atomic E-state index is -0.0979. The summed E-state index contributed by atoms with van der Waals surface area (Å²) in [5.41, 5.74) is 1.88. The Morgan fingerprint density at radius 2 is 1.95 bits per heavy atom. The Balaban J connectivity index is 1.98. The third-order valence-electron chi connectivity index (χ3n) is 2.93. The van der Waals surface area contributed by atoms with E-state index in [1.165, 1.54) is 0 Å². The molecule has 1 aromatic carbocycles. The molecule has 0 fully saturated rings. The zero-order chi connectivity index (χ0) is 14.8. The predicted molar refractivity (Wildman–Crippen MR) is 81.1 cm³/mol. The highest BCUT2D eigenvalue weighted by Gasteiger charge is 2.17. The van der Waals surface area contributed by atoms with Gasteiger partial charge < -0.3 is 5.32 Å². The molecule has 0 saturated carbocycles. The lowest BCUT2D eigenvalue weighted by atomic mass is 9.92. The quantitative estimate of drug-likeness (QED) is 0.909. The number of amides is 1. The van der Waals surface area contributed by atoms with Crippen LogP contribution in [0, 0.1) is 0 Å². The average molecular weight is 292 g/mol. The SMILES string of the molecule is CC(C)(C)c1cc(NC(=O)Cc2ccc(Cl)cc2)n[nH]1. The van der Waals surface area contributed by atoms with Gasteiger partial charge in [0.2, 0.25) is 5.91 Å². The maximum absolute atomic E-state index is 11.9. The topological polar surface area (TPSA) is 57.8 Å². The zero-order valence-electron chi connectivity index (χ0n) is 11.8. The van der Waals surface area contributed by atoms with Crippen LogP contribution >= 0.6 is 11.6 Å². The summed E-state index contributed by atoms with van der Waals surface area (Å²) in [4.78, 5) is 11.9. The van der Waals surface area contributed by atoms with Crippen molar-refractivity contribution < 1.29 is 4.79 Å². The van der Waals surface area contributed by atoms with Gasteiger partial charge in [-0.2, -0.15) is 5.10 Å². The second-order valence-electron chi connectivity index (χ2n) is 5.77. The number of nitrogens with zero attached hydrogens (tertiary/aromatic N) is 1. The molecule has 5 heteroatoms. The lowest BCUT2D eigenvalue weighted by Gasteiger charge is -2.14. The number of halogens is 1. The Hall–Kier alpha value is -1.81. The number of H-pyrrole nitrogens is 1. The van der Waals surface area contributed by atoms with Crippen LogP contribution in [0.15, 0.2) is 30.3 Å². The minimum Gasteiger partial charge on any atom is -0.309 e. The van der Waals surface area contributed by atoms with Crippen LogP contribution in [0.4, 0.5) is 5.82 Å². The average Bonchev–Trinajstić information content (AvgIpc) is 2.80. The van der Waals surface area contributed by atoms with Crippen molar-refractivity contribution in [3.8, 4) is 0 Å². The number of carbonyl (C=O) groups excluding carboxylic acids is 1. The van der Waals surface area contributed by atoms with Crippen LogP contribution in [-0.2, 0) is 16.6 Å². The van der Waals surface area contributed by atoms with Crippen LogP contribution in [0.5, 0.6) is 0 Å². The van der Waals surface area contributed by atoms with Gasteiger partial charge in [0.25, 0.3) is 0 Å². The van der Waals surface area contributed by atoms with Crippen molar-refractivity contribution in [2.75, 3.05) is 5.32 Å². The Labute approximate surface area is 123 Å². The summed E-state index contributed by atoms with van der Waals surface area (Å²) >= 11 is 5.81. The van der Waals surface area contributed by atoms with Crippen LogP contribution in [0.1, 0.15) is 32.0 Å². The molecule has 4 nitrogen and oxygen atoms in total. The number of nitrogens with one attached hydrogen (secondary N) is 2. The Morgan fingerprint density at radius 1 is 1.30 bits per heavy atom. The van der Waals surface area contributed by atoms with E-state index < -0.39 is 0 Å². The van der Waals surface area contributed by atoms with Gasteiger partial charge in [-0.15, -0.1) is 0 Å². The third-order valence-corrected chi connectivity index (χ3v) is 3.18. The summed E-state index contributed by atoms with van der Waals surface area (Å²) in [5, 5.41) is 10.5. The van der Waals surface area contributed by atoms with E-state index in [2.05, 4.69) is 36.3 Å². The van der Waals surface area contributed by atoms with E-state index >= 15 is 0 Å². The minimum absolute atomic E-state index is 0.0217. The smallest absolute Gasteiger partial charge is 0.229 e. The molecule has 0 radical (unpaired) electrons. The number of carbonyl (C=O) groups is 1. The third kappa shape index (κ3) is 3.84. The van der Waals surface area contributed by atoms with Crippen molar-refractivity contribution in [1.29, 1.82) is 0 Å².